The van der Waals surface area contributed by atoms with Gasteiger partial charge in [-0.3, -0.25) is 0 Å². The molecule has 1 rings (SSSR count). The number of hydrogen-bond acceptors (Lipinski definition) is 2. The molecule has 1 aliphatic rings. The SMILES string of the molecule is F[C@H]1[C@@H](OC(C(F)(F)F)C(F)(F)F)C(F)(F)C(F)(F)C1(F)OC(C(F)(F)F)C(F)(F)F. The molecule has 1 saturated carbocycles. The summed E-state index contributed by atoms with van der Waals surface area (Å²) in [5.41, 5.74) is 0. The predicted octanol–water partition coefficient (Wildman–Crippen LogP) is 5.66. The monoisotopic (exact) mass is 510 g/mol. The van der Waals surface area contributed by atoms with E-state index in [2.05, 4.69) is 9.47 Å². The molecular weight excluding hydrogens is 506 g/mol. The minimum atomic E-state index is -7.17. The summed E-state index contributed by atoms with van der Waals surface area (Å²) in [5, 5.41) is 0. The molecule has 0 amide bonds. The summed E-state index contributed by atoms with van der Waals surface area (Å²) in [6, 6.07) is 0. The maximum absolute atomic E-state index is 14.1. The lowest BCUT2D eigenvalue weighted by Crippen LogP contribution is -2.59. The molecule has 3 atom stereocenters. The van der Waals surface area contributed by atoms with Crippen LogP contribution in [-0.4, -0.2) is 66.9 Å². The Bertz CT molecular complexity index is 615. The first-order valence-electron chi connectivity index (χ1n) is 6.91. The molecule has 0 radical (unpaired) electrons. The molecule has 0 heterocycles. The van der Waals surface area contributed by atoms with E-state index in [1.807, 2.05) is 0 Å². The molecule has 0 bridgehead atoms. The zero-order valence-electron chi connectivity index (χ0n) is 13.4. The van der Waals surface area contributed by atoms with Crippen molar-refractivity contribution in [2.45, 2.75) is 66.9 Å². The molecule has 0 aromatic heterocycles. The molecule has 20 heteroatoms. The fourth-order valence-corrected chi connectivity index (χ4v) is 2.23. The van der Waals surface area contributed by atoms with Crippen LogP contribution in [0.15, 0.2) is 0 Å². The quantitative estimate of drug-likeness (QED) is 0.455. The lowest BCUT2D eigenvalue weighted by Gasteiger charge is -2.34. The molecule has 0 saturated heterocycles. The number of ether oxygens (including phenoxy) is 2. The van der Waals surface area contributed by atoms with Crippen LogP contribution in [-0.2, 0) is 9.47 Å². The van der Waals surface area contributed by atoms with Gasteiger partial charge >= 0.3 is 42.4 Å². The first kappa shape index (κ1) is 27.7. The topological polar surface area (TPSA) is 18.5 Å². The Kier molecular flexibility index (Phi) is 6.56. The Balaban J connectivity index is 3.54. The van der Waals surface area contributed by atoms with Crippen LogP contribution in [0.1, 0.15) is 0 Å². The highest BCUT2D eigenvalue weighted by molar-refractivity contribution is 5.17. The smallest absolute Gasteiger partial charge is 0.348 e. The highest BCUT2D eigenvalue weighted by Crippen LogP contribution is 2.60. The maximum atomic E-state index is 14.1. The molecule has 0 aromatic carbocycles. The predicted molar refractivity (Wildman–Crippen MR) is 56.4 cm³/mol. The van der Waals surface area contributed by atoms with E-state index >= 15 is 0 Å². The van der Waals surface area contributed by atoms with E-state index in [1.165, 1.54) is 0 Å². The second-order valence-corrected chi connectivity index (χ2v) is 5.85. The van der Waals surface area contributed by atoms with Crippen molar-refractivity contribution in [3.05, 3.63) is 0 Å². The summed E-state index contributed by atoms with van der Waals surface area (Å²) in [6.45, 7) is 0. The molecule has 186 valence electrons. The average Bonchev–Trinajstić information content (AvgIpc) is 2.55. The molecule has 1 fully saturated rings. The van der Waals surface area contributed by atoms with Crippen molar-refractivity contribution in [1.82, 2.24) is 0 Å². The molecule has 0 aromatic rings. The molecule has 2 nitrogen and oxygen atoms in total. The van der Waals surface area contributed by atoms with Crippen molar-refractivity contribution >= 4 is 0 Å². The summed E-state index contributed by atoms with van der Waals surface area (Å²) in [6.07, 6.45) is -49.2. The molecule has 31 heavy (non-hydrogen) atoms. The van der Waals surface area contributed by atoms with E-state index in [4.69, 9.17) is 0 Å². The van der Waals surface area contributed by atoms with Crippen molar-refractivity contribution in [3.8, 4) is 0 Å². The third-order valence-electron chi connectivity index (χ3n) is 3.59. The van der Waals surface area contributed by atoms with Crippen molar-refractivity contribution in [2.24, 2.45) is 0 Å². The van der Waals surface area contributed by atoms with Crippen molar-refractivity contribution in [3.63, 3.8) is 0 Å². The minimum Gasteiger partial charge on any atom is -0.348 e. The largest absolute Gasteiger partial charge is 0.423 e. The number of halogens is 18. The van der Waals surface area contributed by atoms with Gasteiger partial charge in [0.1, 0.15) is 0 Å². The van der Waals surface area contributed by atoms with Gasteiger partial charge in [-0.15, -0.1) is 0 Å². The van der Waals surface area contributed by atoms with Gasteiger partial charge in [-0.25, -0.2) is 8.78 Å². The molecular formula is C11H4F18O2. The van der Waals surface area contributed by atoms with Gasteiger partial charge in [0.25, 0.3) is 6.10 Å². The van der Waals surface area contributed by atoms with Gasteiger partial charge in [0.2, 0.25) is 6.10 Å². The Morgan fingerprint density at radius 1 is 0.581 bits per heavy atom. The number of hydrogen-bond donors (Lipinski definition) is 0. The first-order chi connectivity index (χ1) is 13.2. The summed E-state index contributed by atoms with van der Waals surface area (Å²) in [5.74, 6) is -20.7. The standard InChI is InChI=1S/C11H4F18O2/c12-1-2(30-3(7(16,17)18)8(19,20)21)5(13,14)11(28,29)6(1,15)31-4(9(22,23)24)10(25,26)27/h1-4H/t1-,2+,6?/m0/s1. The zero-order valence-corrected chi connectivity index (χ0v) is 13.4. The third kappa shape index (κ3) is 4.72. The van der Waals surface area contributed by atoms with Crippen LogP contribution in [0, 0.1) is 0 Å². The van der Waals surface area contributed by atoms with E-state index in [1.54, 1.807) is 0 Å². The van der Waals surface area contributed by atoms with E-state index in [0.29, 0.717) is 0 Å². The second kappa shape index (κ2) is 7.34. The van der Waals surface area contributed by atoms with Crippen molar-refractivity contribution in [2.75, 3.05) is 0 Å². The second-order valence-electron chi connectivity index (χ2n) is 5.85. The fraction of sp³-hybridized carbons (Fsp3) is 1.00. The Morgan fingerprint density at radius 2 is 0.903 bits per heavy atom. The summed E-state index contributed by atoms with van der Waals surface area (Å²) >= 11 is 0. The average molecular weight is 510 g/mol. The fourth-order valence-electron chi connectivity index (χ4n) is 2.23. The summed E-state index contributed by atoms with van der Waals surface area (Å²) < 4.78 is 235. The van der Waals surface area contributed by atoms with Crippen LogP contribution in [0.5, 0.6) is 0 Å². The van der Waals surface area contributed by atoms with Gasteiger partial charge in [0.05, 0.1) is 0 Å². The van der Waals surface area contributed by atoms with Crippen LogP contribution in [0.3, 0.4) is 0 Å². The molecule has 1 unspecified atom stereocenters. The van der Waals surface area contributed by atoms with Gasteiger partial charge in [-0.2, -0.15) is 70.2 Å². The molecule has 0 N–H and O–H groups in total. The number of alkyl halides is 18. The highest BCUT2D eigenvalue weighted by Gasteiger charge is 2.88. The van der Waals surface area contributed by atoms with Crippen LogP contribution in [0.4, 0.5) is 79.0 Å². The highest BCUT2D eigenvalue weighted by atomic mass is 19.4. The van der Waals surface area contributed by atoms with E-state index < -0.39 is 66.9 Å². The lowest BCUT2D eigenvalue weighted by molar-refractivity contribution is -0.405. The Labute approximate surface area is 157 Å². The molecule has 0 spiro atoms. The lowest BCUT2D eigenvalue weighted by atomic mass is 10.1. The van der Waals surface area contributed by atoms with E-state index in [0.717, 1.165) is 0 Å². The third-order valence-corrected chi connectivity index (χ3v) is 3.59. The Hall–Kier alpha value is -1.34. The van der Waals surface area contributed by atoms with Gasteiger partial charge in [0, 0.05) is 0 Å². The van der Waals surface area contributed by atoms with Gasteiger partial charge in [-0.05, 0) is 0 Å². The van der Waals surface area contributed by atoms with Crippen LogP contribution >= 0.6 is 0 Å². The normalized spacial score (nSPS) is 29.8. The van der Waals surface area contributed by atoms with Crippen LogP contribution in [0.25, 0.3) is 0 Å². The van der Waals surface area contributed by atoms with Crippen molar-refractivity contribution < 1.29 is 88.5 Å². The van der Waals surface area contributed by atoms with E-state index in [-0.39, 0.29) is 0 Å². The Morgan fingerprint density at radius 3 is 1.19 bits per heavy atom. The summed E-state index contributed by atoms with van der Waals surface area (Å²) in [4.78, 5) is 0. The maximum Gasteiger partial charge on any atom is 0.423 e. The molecule has 0 aliphatic heterocycles. The minimum absolute atomic E-state index is 2.21. The zero-order chi connectivity index (χ0) is 25.2. The van der Waals surface area contributed by atoms with Gasteiger partial charge in [-0.1, -0.05) is 0 Å². The summed E-state index contributed by atoms with van der Waals surface area (Å²) in [7, 11) is 0. The van der Waals surface area contributed by atoms with Gasteiger partial charge < -0.3 is 9.47 Å². The number of rotatable bonds is 4. The van der Waals surface area contributed by atoms with Crippen LogP contribution in [0.2, 0.25) is 0 Å². The molecule has 1 aliphatic carbocycles. The van der Waals surface area contributed by atoms with Crippen LogP contribution < -0.4 is 0 Å². The van der Waals surface area contributed by atoms with E-state index in [9.17, 15) is 79.0 Å². The first-order valence-corrected chi connectivity index (χ1v) is 6.91. The van der Waals surface area contributed by atoms with Crippen molar-refractivity contribution in [1.29, 1.82) is 0 Å². The van der Waals surface area contributed by atoms with Gasteiger partial charge in [0.15, 0.2) is 12.3 Å².